The van der Waals surface area contributed by atoms with Crippen molar-refractivity contribution in [3.63, 3.8) is 0 Å². The van der Waals surface area contributed by atoms with E-state index < -0.39 is 5.97 Å². The lowest BCUT2D eigenvalue weighted by Gasteiger charge is -2.10. The summed E-state index contributed by atoms with van der Waals surface area (Å²) >= 11 is 1.12. The van der Waals surface area contributed by atoms with Crippen LogP contribution in [0.4, 0.5) is 5.69 Å². The van der Waals surface area contributed by atoms with Crippen molar-refractivity contribution in [3.8, 4) is 0 Å². The minimum atomic E-state index is -0.477. The van der Waals surface area contributed by atoms with Crippen molar-refractivity contribution in [2.75, 3.05) is 5.32 Å². The topological polar surface area (TPSA) is 90.3 Å². The number of hydrogen-bond donors (Lipinski definition) is 1. The predicted molar refractivity (Wildman–Crippen MR) is 122 cm³/mol. The van der Waals surface area contributed by atoms with E-state index >= 15 is 0 Å². The number of aryl methyl sites for hydroxylation is 1. The molecule has 0 aliphatic rings. The molecule has 7 nitrogen and oxygen atoms in total. The molecule has 0 radical (unpaired) electrons. The van der Waals surface area contributed by atoms with E-state index in [2.05, 4.69) is 10.3 Å². The van der Waals surface area contributed by atoms with Crippen LogP contribution in [0.15, 0.2) is 53.6 Å². The summed E-state index contributed by atoms with van der Waals surface area (Å²) in [5.74, 6) is -0.818. The fraction of sp³-hybridized carbons (Fsp3) is 0.217. The number of carbonyl (C=O) groups is 2. The van der Waals surface area contributed by atoms with E-state index in [-0.39, 0.29) is 24.1 Å². The van der Waals surface area contributed by atoms with E-state index in [9.17, 15) is 14.4 Å². The Morgan fingerprint density at radius 1 is 1.16 bits per heavy atom. The fourth-order valence-electron chi connectivity index (χ4n) is 3.41. The van der Waals surface area contributed by atoms with Crippen molar-refractivity contribution < 1.29 is 14.3 Å². The number of nitrogens with one attached hydrogen (secondary N) is 1. The highest BCUT2D eigenvalue weighted by atomic mass is 32.1. The maximum Gasteiger partial charge on any atom is 0.348 e. The van der Waals surface area contributed by atoms with Crippen LogP contribution in [0.2, 0.25) is 0 Å². The molecule has 0 aliphatic carbocycles. The zero-order valence-electron chi connectivity index (χ0n) is 17.3. The number of hydrogen-bond acceptors (Lipinski definition) is 6. The van der Waals surface area contributed by atoms with Crippen LogP contribution in [-0.4, -0.2) is 27.5 Å². The number of carbonyl (C=O) groups excluding carboxylic acids is 2. The molecule has 2 aromatic carbocycles. The molecule has 4 rings (SSSR count). The van der Waals surface area contributed by atoms with Crippen LogP contribution in [0.5, 0.6) is 0 Å². The van der Waals surface area contributed by atoms with Gasteiger partial charge in [-0.25, -0.2) is 9.78 Å². The van der Waals surface area contributed by atoms with E-state index in [4.69, 9.17) is 4.74 Å². The molecule has 1 amide bonds. The van der Waals surface area contributed by atoms with Crippen LogP contribution in [0.3, 0.4) is 0 Å². The quantitative estimate of drug-likeness (QED) is 0.476. The predicted octanol–water partition coefficient (Wildman–Crippen LogP) is 4.12. The number of ether oxygens (including phenoxy) is 1. The SMILES string of the molecule is Cc1c(C(=O)OC(C)C)sc2ncn(CC(=O)Nc3cccc4ccccc34)c(=O)c12. The molecule has 1 N–H and O–H groups in total. The molecule has 2 aromatic heterocycles. The molecule has 158 valence electrons. The second-order valence-electron chi connectivity index (χ2n) is 7.44. The molecule has 0 fully saturated rings. The molecule has 0 atom stereocenters. The van der Waals surface area contributed by atoms with Gasteiger partial charge in [-0.15, -0.1) is 11.3 Å². The van der Waals surface area contributed by atoms with Gasteiger partial charge in [0.1, 0.15) is 16.3 Å². The fourth-order valence-corrected chi connectivity index (χ4v) is 4.44. The second-order valence-corrected chi connectivity index (χ2v) is 8.44. The first-order chi connectivity index (χ1) is 14.8. The highest BCUT2D eigenvalue weighted by Crippen LogP contribution is 2.28. The Bertz CT molecular complexity index is 1370. The molecular formula is C23H21N3O4S. The van der Waals surface area contributed by atoms with Crippen molar-refractivity contribution in [1.82, 2.24) is 9.55 Å². The summed E-state index contributed by atoms with van der Waals surface area (Å²) in [5.41, 5.74) is 0.831. The number of nitrogens with zero attached hydrogens (tertiary/aromatic N) is 2. The van der Waals surface area contributed by atoms with E-state index in [1.807, 2.05) is 42.5 Å². The first-order valence-electron chi connectivity index (χ1n) is 9.82. The van der Waals surface area contributed by atoms with Crippen LogP contribution in [0.25, 0.3) is 21.0 Å². The van der Waals surface area contributed by atoms with E-state index in [0.717, 1.165) is 22.1 Å². The van der Waals surface area contributed by atoms with Crippen LogP contribution in [0, 0.1) is 6.92 Å². The van der Waals surface area contributed by atoms with Gasteiger partial charge < -0.3 is 10.1 Å². The van der Waals surface area contributed by atoms with Gasteiger partial charge >= 0.3 is 5.97 Å². The number of aromatic nitrogens is 2. The number of esters is 1. The van der Waals surface area contributed by atoms with Crippen LogP contribution in [-0.2, 0) is 16.1 Å². The van der Waals surface area contributed by atoms with Crippen molar-refractivity contribution in [2.24, 2.45) is 0 Å². The van der Waals surface area contributed by atoms with Crippen LogP contribution >= 0.6 is 11.3 Å². The summed E-state index contributed by atoms with van der Waals surface area (Å²) in [6.07, 6.45) is 1.07. The smallest absolute Gasteiger partial charge is 0.348 e. The van der Waals surface area contributed by atoms with E-state index in [1.165, 1.54) is 10.9 Å². The van der Waals surface area contributed by atoms with Gasteiger partial charge in [-0.05, 0) is 37.8 Å². The number of anilines is 1. The highest BCUT2D eigenvalue weighted by Gasteiger charge is 2.21. The highest BCUT2D eigenvalue weighted by molar-refractivity contribution is 7.20. The third kappa shape index (κ3) is 4.06. The Morgan fingerprint density at radius 3 is 2.68 bits per heavy atom. The van der Waals surface area contributed by atoms with Gasteiger partial charge in [0.25, 0.3) is 5.56 Å². The third-order valence-corrected chi connectivity index (χ3v) is 6.00. The monoisotopic (exact) mass is 435 g/mol. The summed E-state index contributed by atoms with van der Waals surface area (Å²) < 4.78 is 6.50. The summed E-state index contributed by atoms with van der Waals surface area (Å²) in [7, 11) is 0. The van der Waals surface area contributed by atoms with Crippen molar-refractivity contribution >= 4 is 49.9 Å². The van der Waals surface area contributed by atoms with Gasteiger partial charge in [0.15, 0.2) is 0 Å². The Hall–Kier alpha value is -3.52. The number of thiophene rings is 1. The van der Waals surface area contributed by atoms with Crippen molar-refractivity contribution in [1.29, 1.82) is 0 Å². The first kappa shape index (κ1) is 20.7. The summed E-state index contributed by atoms with van der Waals surface area (Å²) in [4.78, 5) is 43.1. The van der Waals surface area contributed by atoms with Gasteiger partial charge in [0.05, 0.1) is 17.8 Å². The number of rotatable bonds is 5. The molecular weight excluding hydrogens is 414 g/mol. The third-order valence-electron chi connectivity index (χ3n) is 4.82. The first-order valence-corrected chi connectivity index (χ1v) is 10.6. The minimum absolute atomic E-state index is 0.188. The zero-order chi connectivity index (χ0) is 22.1. The normalized spacial score (nSPS) is 11.2. The standard InChI is InChI=1S/C23H21N3O4S/c1-13(2)30-23(29)20-14(3)19-21(31-20)24-12-26(22(19)28)11-18(27)25-17-10-6-8-15-7-4-5-9-16(15)17/h4-10,12-13H,11H2,1-3H3,(H,25,27). The lowest BCUT2D eigenvalue weighted by Crippen LogP contribution is -2.28. The van der Waals surface area contributed by atoms with Gasteiger partial charge in [-0.3, -0.25) is 14.2 Å². The van der Waals surface area contributed by atoms with Gasteiger partial charge in [-0.2, -0.15) is 0 Å². The Labute approximate surface area is 182 Å². The Morgan fingerprint density at radius 2 is 1.90 bits per heavy atom. The molecule has 0 spiro atoms. The molecule has 0 aliphatic heterocycles. The van der Waals surface area contributed by atoms with Crippen LogP contribution < -0.4 is 10.9 Å². The molecule has 0 bridgehead atoms. The average molecular weight is 436 g/mol. The minimum Gasteiger partial charge on any atom is -0.459 e. The summed E-state index contributed by atoms with van der Waals surface area (Å²) in [5, 5.41) is 5.13. The maximum absolute atomic E-state index is 13.0. The molecule has 4 aromatic rings. The van der Waals surface area contributed by atoms with Gasteiger partial charge in [0, 0.05) is 11.1 Å². The molecule has 0 saturated carbocycles. The van der Waals surface area contributed by atoms with Crippen molar-refractivity contribution in [2.45, 2.75) is 33.4 Å². The maximum atomic E-state index is 13.0. The lowest BCUT2D eigenvalue weighted by molar-refractivity contribution is -0.116. The van der Waals surface area contributed by atoms with Crippen LogP contribution in [0.1, 0.15) is 29.1 Å². The molecule has 0 unspecified atom stereocenters. The zero-order valence-corrected chi connectivity index (χ0v) is 18.2. The average Bonchev–Trinajstić information content (AvgIpc) is 3.07. The Balaban J connectivity index is 1.62. The molecule has 2 heterocycles. The summed E-state index contributed by atoms with van der Waals surface area (Å²) in [6, 6.07) is 13.4. The lowest BCUT2D eigenvalue weighted by atomic mass is 10.1. The van der Waals surface area contributed by atoms with Gasteiger partial charge in [0.2, 0.25) is 5.91 Å². The molecule has 8 heteroatoms. The van der Waals surface area contributed by atoms with Gasteiger partial charge in [-0.1, -0.05) is 36.4 Å². The molecule has 31 heavy (non-hydrogen) atoms. The van der Waals surface area contributed by atoms with E-state index in [1.54, 1.807) is 20.8 Å². The molecule has 0 saturated heterocycles. The van der Waals surface area contributed by atoms with Crippen molar-refractivity contribution in [3.05, 3.63) is 69.6 Å². The summed E-state index contributed by atoms with van der Waals surface area (Å²) in [6.45, 7) is 5.03. The van der Waals surface area contributed by atoms with E-state index in [0.29, 0.717) is 26.3 Å². The number of amides is 1. The largest absolute Gasteiger partial charge is 0.459 e. The number of benzene rings is 2. The number of fused-ring (bicyclic) bond motifs is 2. The second kappa shape index (κ2) is 8.31. The Kier molecular flexibility index (Phi) is 5.56.